The summed E-state index contributed by atoms with van der Waals surface area (Å²) in [6, 6.07) is 19.5. The van der Waals surface area contributed by atoms with Crippen LogP contribution >= 0.6 is 11.6 Å². The van der Waals surface area contributed by atoms with E-state index in [1.165, 1.54) is 12.1 Å². The first-order chi connectivity index (χ1) is 14.0. The Labute approximate surface area is 174 Å². The Bertz CT molecular complexity index is 975. The fourth-order valence-corrected chi connectivity index (χ4v) is 3.18. The molecule has 3 aromatic carbocycles. The maximum absolute atomic E-state index is 13.2. The van der Waals surface area contributed by atoms with Crippen molar-refractivity contribution < 1.29 is 13.9 Å². The summed E-state index contributed by atoms with van der Waals surface area (Å²) in [5, 5.41) is 6.15. The molecule has 0 saturated carbocycles. The van der Waals surface area contributed by atoms with E-state index in [0.29, 0.717) is 5.69 Å². The number of carbonyl (C=O) groups is 1. The van der Waals surface area contributed by atoms with Gasteiger partial charge in [0.1, 0.15) is 11.6 Å². The second-order valence-corrected chi connectivity index (χ2v) is 7.08. The van der Waals surface area contributed by atoms with Gasteiger partial charge in [-0.15, -0.1) is 0 Å². The Hall–Kier alpha value is -2.89. The summed E-state index contributed by atoms with van der Waals surface area (Å²) >= 11 is 5.98. The second kappa shape index (κ2) is 9.54. The van der Waals surface area contributed by atoms with E-state index in [1.807, 2.05) is 55.5 Å². The number of carbonyl (C=O) groups excluding carboxylic acids is 1. The van der Waals surface area contributed by atoms with E-state index >= 15 is 0 Å². The largest absolute Gasteiger partial charge is 0.497 e. The van der Waals surface area contributed by atoms with Crippen molar-refractivity contribution in [1.82, 2.24) is 5.32 Å². The summed E-state index contributed by atoms with van der Waals surface area (Å²) in [6.07, 6.45) is 0. The summed E-state index contributed by atoms with van der Waals surface area (Å²) in [5.74, 6) is 0.0364. The van der Waals surface area contributed by atoms with Gasteiger partial charge < -0.3 is 10.1 Å². The highest BCUT2D eigenvalue weighted by atomic mass is 35.5. The number of rotatable bonds is 7. The van der Waals surface area contributed by atoms with Crippen LogP contribution < -0.4 is 15.4 Å². The van der Waals surface area contributed by atoms with Gasteiger partial charge in [-0.2, -0.15) is 0 Å². The standard InChI is InChI=1S/C23H22ClFN2O2/c1-15-3-5-16(6-4-15)23(17-7-10-19(29-2)11-8-17)26-14-22(28)27-21-12-9-18(25)13-20(21)24/h3-13,23,26H,14H2,1-2H3,(H,27,28). The maximum atomic E-state index is 13.2. The summed E-state index contributed by atoms with van der Waals surface area (Å²) in [6.45, 7) is 2.08. The number of aryl methyl sites for hydroxylation is 1. The average Bonchev–Trinajstić information content (AvgIpc) is 2.72. The first kappa shape index (κ1) is 20.8. The minimum Gasteiger partial charge on any atom is -0.497 e. The molecule has 0 saturated heterocycles. The topological polar surface area (TPSA) is 50.4 Å². The molecule has 6 heteroatoms. The molecule has 0 radical (unpaired) electrons. The molecule has 150 valence electrons. The molecule has 0 heterocycles. The van der Waals surface area contributed by atoms with Gasteiger partial charge in [0.15, 0.2) is 0 Å². The molecule has 29 heavy (non-hydrogen) atoms. The third-order valence-electron chi connectivity index (χ3n) is 4.53. The molecule has 0 aliphatic carbocycles. The molecule has 0 spiro atoms. The number of ether oxygens (including phenoxy) is 1. The van der Waals surface area contributed by atoms with Crippen LogP contribution in [0.5, 0.6) is 5.75 Å². The lowest BCUT2D eigenvalue weighted by Gasteiger charge is -2.20. The molecule has 0 bridgehead atoms. The van der Waals surface area contributed by atoms with Crippen molar-refractivity contribution in [2.75, 3.05) is 19.0 Å². The van der Waals surface area contributed by atoms with E-state index in [0.717, 1.165) is 28.5 Å². The van der Waals surface area contributed by atoms with Crippen LogP contribution in [0.1, 0.15) is 22.7 Å². The van der Waals surface area contributed by atoms with Crippen molar-refractivity contribution in [3.63, 3.8) is 0 Å². The van der Waals surface area contributed by atoms with Crippen LogP contribution in [0, 0.1) is 12.7 Å². The molecule has 3 rings (SSSR count). The summed E-state index contributed by atoms with van der Waals surface area (Å²) in [4.78, 5) is 12.4. The molecule has 0 aromatic heterocycles. The first-order valence-electron chi connectivity index (χ1n) is 9.15. The smallest absolute Gasteiger partial charge is 0.238 e. The van der Waals surface area contributed by atoms with E-state index in [1.54, 1.807) is 7.11 Å². The van der Waals surface area contributed by atoms with Crippen molar-refractivity contribution in [2.24, 2.45) is 0 Å². The lowest BCUT2D eigenvalue weighted by Crippen LogP contribution is -2.32. The highest BCUT2D eigenvalue weighted by Gasteiger charge is 2.16. The molecule has 1 amide bonds. The predicted octanol–water partition coefficient (Wildman–Crippen LogP) is 5.11. The molecule has 3 aromatic rings. The number of hydrogen-bond acceptors (Lipinski definition) is 3. The Balaban J connectivity index is 1.75. The fourth-order valence-electron chi connectivity index (χ4n) is 2.96. The maximum Gasteiger partial charge on any atom is 0.238 e. The number of benzene rings is 3. The molecule has 0 aliphatic heterocycles. The highest BCUT2D eigenvalue weighted by Crippen LogP contribution is 2.25. The Kier molecular flexibility index (Phi) is 6.86. The van der Waals surface area contributed by atoms with Crippen molar-refractivity contribution in [3.05, 3.63) is 94.3 Å². The van der Waals surface area contributed by atoms with Crippen LogP contribution in [0.4, 0.5) is 10.1 Å². The van der Waals surface area contributed by atoms with Gasteiger partial charge in [-0.3, -0.25) is 10.1 Å². The summed E-state index contributed by atoms with van der Waals surface area (Å²) < 4.78 is 18.4. The SMILES string of the molecule is COc1ccc(C(NCC(=O)Nc2ccc(F)cc2Cl)c2ccc(C)cc2)cc1. The molecule has 2 N–H and O–H groups in total. The van der Waals surface area contributed by atoms with Crippen LogP contribution in [0.3, 0.4) is 0 Å². The minimum absolute atomic E-state index is 0.0538. The van der Waals surface area contributed by atoms with Gasteiger partial charge in [-0.25, -0.2) is 4.39 Å². The second-order valence-electron chi connectivity index (χ2n) is 6.67. The van der Waals surface area contributed by atoms with Crippen molar-refractivity contribution in [2.45, 2.75) is 13.0 Å². The fraction of sp³-hybridized carbons (Fsp3) is 0.174. The number of nitrogens with one attached hydrogen (secondary N) is 2. The predicted molar refractivity (Wildman–Crippen MR) is 114 cm³/mol. The molecule has 0 fully saturated rings. The third kappa shape index (κ3) is 5.56. The van der Waals surface area contributed by atoms with Gasteiger partial charge in [0.25, 0.3) is 0 Å². The van der Waals surface area contributed by atoms with Crippen LogP contribution in [0.25, 0.3) is 0 Å². The number of anilines is 1. The zero-order chi connectivity index (χ0) is 20.8. The van der Waals surface area contributed by atoms with Gasteiger partial charge in [0, 0.05) is 0 Å². The van der Waals surface area contributed by atoms with E-state index in [4.69, 9.17) is 16.3 Å². The zero-order valence-corrected chi connectivity index (χ0v) is 17.0. The molecule has 4 nitrogen and oxygen atoms in total. The van der Waals surface area contributed by atoms with Crippen molar-refractivity contribution >= 4 is 23.2 Å². The molecule has 0 aliphatic rings. The van der Waals surface area contributed by atoms with Gasteiger partial charge in [0.2, 0.25) is 5.91 Å². The number of amides is 1. The van der Waals surface area contributed by atoms with Gasteiger partial charge >= 0.3 is 0 Å². The average molecular weight is 413 g/mol. The number of halogens is 2. The Morgan fingerprint density at radius 1 is 1.03 bits per heavy atom. The van der Waals surface area contributed by atoms with Crippen molar-refractivity contribution in [3.8, 4) is 5.75 Å². The van der Waals surface area contributed by atoms with E-state index in [9.17, 15) is 9.18 Å². The normalized spacial score (nSPS) is 11.7. The van der Waals surface area contributed by atoms with Crippen LogP contribution in [0.15, 0.2) is 66.7 Å². The first-order valence-corrected chi connectivity index (χ1v) is 9.53. The highest BCUT2D eigenvalue weighted by molar-refractivity contribution is 6.33. The third-order valence-corrected chi connectivity index (χ3v) is 4.84. The lowest BCUT2D eigenvalue weighted by atomic mass is 9.97. The monoisotopic (exact) mass is 412 g/mol. The molecule has 1 atom stereocenters. The van der Waals surface area contributed by atoms with Crippen LogP contribution in [-0.4, -0.2) is 19.6 Å². The summed E-state index contributed by atoms with van der Waals surface area (Å²) in [7, 11) is 1.62. The minimum atomic E-state index is -0.454. The molecular formula is C23H22ClFN2O2. The van der Waals surface area contributed by atoms with E-state index < -0.39 is 5.82 Å². The van der Waals surface area contributed by atoms with Crippen LogP contribution in [0.2, 0.25) is 5.02 Å². The summed E-state index contributed by atoms with van der Waals surface area (Å²) in [5.41, 5.74) is 3.57. The van der Waals surface area contributed by atoms with Gasteiger partial charge in [-0.05, 0) is 48.4 Å². The van der Waals surface area contributed by atoms with Gasteiger partial charge in [0.05, 0.1) is 30.4 Å². The van der Waals surface area contributed by atoms with E-state index in [-0.39, 0.29) is 23.5 Å². The van der Waals surface area contributed by atoms with Gasteiger partial charge in [-0.1, -0.05) is 53.6 Å². The molecular weight excluding hydrogens is 391 g/mol. The number of hydrogen-bond donors (Lipinski definition) is 2. The Morgan fingerprint density at radius 2 is 1.66 bits per heavy atom. The lowest BCUT2D eigenvalue weighted by molar-refractivity contribution is -0.115. The Morgan fingerprint density at radius 3 is 2.24 bits per heavy atom. The number of methoxy groups -OCH3 is 1. The zero-order valence-electron chi connectivity index (χ0n) is 16.2. The molecule has 1 unspecified atom stereocenters. The van der Waals surface area contributed by atoms with Crippen LogP contribution in [-0.2, 0) is 4.79 Å². The quantitative estimate of drug-likeness (QED) is 0.566. The van der Waals surface area contributed by atoms with E-state index in [2.05, 4.69) is 10.6 Å². The van der Waals surface area contributed by atoms with Crippen molar-refractivity contribution in [1.29, 1.82) is 0 Å².